The number of ether oxygens (including phenoxy) is 1. The first kappa shape index (κ1) is 27.4. The number of fused-ring (bicyclic) bond motifs is 8. The lowest BCUT2D eigenvalue weighted by Gasteiger charge is -2.35. The topological polar surface area (TPSA) is 102 Å². The summed E-state index contributed by atoms with van der Waals surface area (Å²) in [5.41, 5.74) is 6.83. The van der Waals surface area contributed by atoms with E-state index in [9.17, 15) is 9.59 Å². The summed E-state index contributed by atoms with van der Waals surface area (Å²) in [5.74, 6) is 1.16. The Hall–Kier alpha value is -3.45. The van der Waals surface area contributed by atoms with Gasteiger partial charge in [-0.25, -0.2) is 4.57 Å². The molecule has 0 saturated carbocycles. The average Bonchev–Trinajstić information content (AvgIpc) is 3.74. The predicted octanol–water partition coefficient (Wildman–Crippen LogP) is 5.85. The molecule has 0 radical (unpaired) electrons. The molecule has 12 heteroatoms. The first-order valence-electron chi connectivity index (χ1n) is 13.7. The molecule has 42 heavy (non-hydrogen) atoms. The minimum atomic E-state index is -0.269. The van der Waals surface area contributed by atoms with Crippen molar-refractivity contribution in [3.63, 3.8) is 0 Å². The molecule has 0 aliphatic carbocycles. The van der Waals surface area contributed by atoms with Gasteiger partial charge in [0.25, 0.3) is 0 Å². The van der Waals surface area contributed by atoms with E-state index in [-0.39, 0.29) is 34.8 Å². The van der Waals surface area contributed by atoms with Crippen molar-refractivity contribution < 1.29 is 14.3 Å². The van der Waals surface area contributed by atoms with Crippen LogP contribution >= 0.6 is 34.9 Å². The highest BCUT2D eigenvalue weighted by atomic mass is 32.2. The first-order chi connectivity index (χ1) is 20.5. The number of hydrogen-bond donors (Lipinski definition) is 1. The van der Waals surface area contributed by atoms with Crippen molar-refractivity contribution >= 4 is 57.5 Å². The molecule has 0 fully saturated rings. The molecule has 214 valence electrons. The second kappa shape index (κ2) is 11.0. The van der Waals surface area contributed by atoms with Crippen LogP contribution in [0, 0.1) is 0 Å². The molecule has 0 saturated heterocycles. The van der Waals surface area contributed by atoms with Crippen molar-refractivity contribution in [2.24, 2.45) is 5.10 Å². The summed E-state index contributed by atoms with van der Waals surface area (Å²) < 4.78 is 8.35. The van der Waals surface area contributed by atoms with Crippen molar-refractivity contribution in [1.82, 2.24) is 20.2 Å². The number of ketones is 2. The van der Waals surface area contributed by atoms with Gasteiger partial charge >= 0.3 is 0 Å². The van der Waals surface area contributed by atoms with Gasteiger partial charge < -0.3 is 4.74 Å². The number of aromatic nitrogens is 3. The highest BCUT2D eigenvalue weighted by molar-refractivity contribution is 8.14. The number of benzene rings is 2. The fraction of sp³-hybridized carbons (Fsp3) is 0.300. The fourth-order valence-electron chi connectivity index (χ4n) is 5.36. The number of amidine groups is 1. The van der Waals surface area contributed by atoms with Crippen LogP contribution in [0.4, 0.5) is 5.95 Å². The van der Waals surface area contributed by atoms with Crippen LogP contribution in [0.3, 0.4) is 0 Å². The quantitative estimate of drug-likeness (QED) is 0.193. The molecule has 3 aliphatic heterocycles. The van der Waals surface area contributed by atoms with E-state index in [4.69, 9.17) is 4.74 Å². The van der Waals surface area contributed by atoms with Gasteiger partial charge in [0.1, 0.15) is 5.00 Å². The molecular weight excluding hydrogens is 589 g/mol. The van der Waals surface area contributed by atoms with E-state index < -0.39 is 0 Å². The van der Waals surface area contributed by atoms with Gasteiger partial charge in [-0.2, -0.15) is 5.10 Å². The van der Waals surface area contributed by atoms with E-state index in [0.29, 0.717) is 34.0 Å². The molecule has 0 bridgehead atoms. The van der Waals surface area contributed by atoms with Gasteiger partial charge in [0.2, 0.25) is 5.95 Å². The molecule has 1 N–H and O–H groups in total. The summed E-state index contributed by atoms with van der Waals surface area (Å²) in [6, 6.07) is 18.6. The van der Waals surface area contributed by atoms with Gasteiger partial charge in [-0.1, -0.05) is 91.1 Å². The van der Waals surface area contributed by atoms with Gasteiger partial charge in [0.05, 0.1) is 23.7 Å². The highest BCUT2D eigenvalue weighted by Crippen LogP contribution is 2.50. The molecule has 5 heterocycles. The SMILES string of the molecule is CC[C@]1(C)Cc2c(sc3c2C2NN=C(SCC(=O)c4ccccc4)N2c2nnc(SCC(=O)c4ccccc4)n2-3)CO1. The molecule has 3 aliphatic rings. The number of nitrogens with one attached hydrogen (secondary N) is 1. The standard InChI is InChI=1S/C30H28N6O3S3/c1-3-30(2)14-20-23(15-39-30)42-26-24(20)25-31-33-28(40-16-21(37)18-10-6-4-7-11-18)35(25)27-32-34-29(36(26)27)41-17-22(38)19-12-8-5-9-13-19/h4-13,25,31H,3,14-17H2,1-2H3/t25?,30-/m1/s1. The molecule has 2 atom stereocenters. The Kier molecular flexibility index (Phi) is 7.17. The van der Waals surface area contributed by atoms with Gasteiger partial charge in [-0.05, 0) is 18.9 Å². The minimum absolute atomic E-state index is 0.0320. The Balaban J connectivity index is 1.23. The Morgan fingerprint density at radius 3 is 2.36 bits per heavy atom. The number of rotatable bonds is 8. The summed E-state index contributed by atoms with van der Waals surface area (Å²) in [6.45, 7) is 4.86. The highest BCUT2D eigenvalue weighted by Gasteiger charge is 2.46. The summed E-state index contributed by atoms with van der Waals surface area (Å²) in [4.78, 5) is 29.1. The third-order valence-corrected chi connectivity index (χ3v) is 11.0. The number of anilines is 1. The van der Waals surface area contributed by atoms with E-state index in [2.05, 4.69) is 34.6 Å². The zero-order valence-corrected chi connectivity index (χ0v) is 25.5. The molecule has 7 rings (SSSR count). The second-order valence-corrected chi connectivity index (χ2v) is 13.5. The minimum Gasteiger partial charge on any atom is -0.369 e. The monoisotopic (exact) mass is 616 g/mol. The van der Waals surface area contributed by atoms with Gasteiger partial charge in [-0.3, -0.25) is 19.9 Å². The van der Waals surface area contributed by atoms with E-state index in [1.807, 2.05) is 70.1 Å². The van der Waals surface area contributed by atoms with Crippen LogP contribution in [0.2, 0.25) is 0 Å². The number of thioether (sulfide) groups is 2. The van der Waals surface area contributed by atoms with Crippen molar-refractivity contribution in [2.75, 3.05) is 16.4 Å². The fourth-order valence-corrected chi connectivity index (χ4v) is 8.38. The van der Waals surface area contributed by atoms with Crippen LogP contribution in [0.15, 0.2) is 70.9 Å². The lowest BCUT2D eigenvalue weighted by Crippen LogP contribution is -2.40. The molecule has 0 spiro atoms. The van der Waals surface area contributed by atoms with Crippen LogP contribution in [-0.2, 0) is 17.8 Å². The third-order valence-electron chi connectivity index (χ3n) is 7.87. The zero-order chi connectivity index (χ0) is 28.8. The summed E-state index contributed by atoms with van der Waals surface area (Å²) >= 11 is 4.45. The maximum absolute atomic E-state index is 13.0. The van der Waals surface area contributed by atoms with E-state index in [0.717, 1.165) is 23.4 Å². The van der Waals surface area contributed by atoms with Crippen molar-refractivity contribution in [2.45, 2.75) is 50.2 Å². The zero-order valence-electron chi connectivity index (χ0n) is 23.1. The number of hydrazone groups is 1. The number of thiophene rings is 1. The van der Waals surface area contributed by atoms with E-state index >= 15 is 0 Å². The lowest BCUT2D eigenvalue weighted by molar-refractivity contribution is -0.0549. The van der Waals surface area contributed by atoms with E-state index in [1.54, 1.807) is 11.3 Å². The molecule has 1 unspecified atom stereocenters. The van der Waals surface area contributed by atoms with Crippen molar-refractivity contribution in [1.29, 1.82) is 0 Å². The van der Waals surface area contributed by atoms with Crippen molar-refractivity contribution in [3.8, 4) is 5.00 Å². The maximum atomic E-state index is 13.0. The Labute approximate surface area is 255 Å². The molecular formula is C30H28N6O3S3. The van der Waals surface area contributed by atoms with Crippen LogP contribution in [-0.4, -0.2) is 48.6 Å². The summed E-state index contributed by atoms with van der Waals surface area (Å²) in [6.07, 6.45) is 1.42. The number of Topliss-reactive ketones (excluding diaryl/α,β-unsaturated/α-hetero) is 2. The largest absolute Gasteiger partial charge is 0.369 e. The molecule has 0 amide bonds. The summed E-state index contributed by atoms with van der Waals surface area (Å²) in [7, 11) is 0. The van der Waals surface area contributed by atoms with E-state index in [1.165, 1.54) is 34.0 Å². The Morgan fingerprint density at radius 1 is 1.02 bits per heavy atom. The van der Waals surface area contributed by atoms with Crippen LogP contribution < -0.4 is 10.3 Å². The first-order valence-corrected chi connectivity index (χ1v) is 16.5. The maximum Gasteiger partial charge on any atom is 0.241 e. The summed E-state index contributed by atoms with van der Waals surface area (Å²) in [5, 5.41) is 16.2. The van der Waals surface area contributed by atoms with Gasteiger partial charge in [0.15, 0.2) is 28.1 Å². The lowest BCUT2D eigenvalue weighted by atomic mass is 9.88. The van der Waals surface area contributed by atoms with Crippen LogP contribution in [0.5, 0.6) is 0 Å². The second-order valence-electron chi connectivity index (χ2n) is 10.6. The number of carbonyl (C=O) groups excluding carboxylic acids is 2. The predicted molar refractivity (Wildman–Crippen MR) is 167 cm³/mol. The number of nitrogens with zero attached hydrogens (tertiary/aromatic N) is 5. The van der Waals surface area contributed by atoms with Crippen molar-refractivity contribution in [3.05, 3.63) is 87.8 Å². The molecule has 2 aromatic heterocycles. The normalized spacial score (nSPS) is 20.2. The van der Waals surface area contributed by atoms with Crippen LogP contribution in [0.1, 0.15) is 63.2 Å². The molecule has 4 aromatic rings. The number of carbonyl (C=O) groups is 2. The molecule has 2 aromatic carbocycles. The van der Waals surface area contributed by atoms with Gasteiger partial charge in [-0.15, -0.1) is 21.5 Å². The number of hydrogen-bond acceptors (Lipinski definition) is 11. The molecule has 9 nitrogen and oxygen atoms in total. The Morgan fingerprint density at radius 2 is 1.69 bits per heavy atom. The Bertz CT molecular complexity index is 1700. The van der Waals surface area contributed by atoms with Crippen LogP contribution in [0.25, 0.3) is 5.00 Å². The third kappa shape index (κ3) is 4.76. The average molecular weight is 617 g/mol. The van der Waals surface area contributed by atoms with Gasteiger partial charge in [0, 0.05) is 28.0 Å². The smallest absolute Gasteiger partial charge is 0.241 e.